The summed E-state index contributed by atoms with van der Waals surface area (Å²) in [7, 11) is 1.89. The molecule has 1 N–H and O–H groups in total. The van der Waals surface area contributed by atoms with E-state index in [0.29, 0.717) is 18.7 Å². The molecule has 0 fully saturated rings. The van der Waals surface area contributed by atoms with Gasteiger partial charge in [0.05, 0.1) is 0 Å². The van der Waals surface area contributed by atoms with Gasteiger partial charge in [-0.3, -0.25) is 4.79 Å². The predicted octanol–water partition coefficient (Wildman–Crippen LogP) is 1.93. The number of carbonyl (C=O) groups excluding carboxylic acids is 1. The lowest BCUT2D eigenvalue weighted by atomic mass is 10.3. The van der Waals surface area contributed by atoms with E-state index in [2.05, 4.69) is 31.4 Å². The number of rotatable bonds is 5. The molecule has 0 aliphatic heterocycles. The van der Waals surface area contributed by atoms with E-state index < -0.39 is 0 Å². The highest BCUT2D eigenvalue weighted by Gasteiger charge is 2.14. The van der Waals surface area contributed by atoms with Gasteiger partial charge in [0.15, 0.2) is 0 Å². The second kappa shape index (κ2) is 6.21. The first-order valence-corrected chi connectivity index (χ1v) is 7.26. The van der Waals surface area contributed by atoms with Crippen molar-refractivity contribution in [2.75, 3.05) is 6.54 Å². The Hall–Kier alpha value is -1.63. The fraction of sp³-hybridized carbons (Fsp3) is 0.462. The molecule has 0 radical (unpaired) electrons. The SMILES string of the molecule is CC(C)n1cc(Br)cc1C(=O)NCCc1nncn1C. The second-order valence-electron chi connectivity index (χ2n) is 4.91. The molecule has 2 rings (SSSR count). The quantitative estimate of drug-likeness (QED) is 0.905. The van der Waals surface area contributed by atoms with Crippen molar-refractivity contribution < 1.29 is 4.79 Å². The van der Waals surface area contributed by atoms with Crippen LogP contribution < -0.4 is 5.32 Å². The lowest BCUT2D eigenvalue weighted by Crippen LogP contribution is -2.28. The van der Waals surface area contributed by atoms with Gasteiger partial charge in [0.25, 0.3) is 5.91 Å². The maximum absolute atomic E-state index is 12.2. The van der Waals surface area contributed by atoms with Crippen LogP contribution in [-0.2, 0) is 13.5 Å². The van der Waals surface area contributed by atoms with Gasteiger partial charge in [-0.15, -0.1) is 10.2 Å². The van der Waals surface area contributed by atoms with Crippen molar-refractivity contribution in [2.24, 2.45) is 7.05 Å². The Labute approximate surface area is 126 Å². The van der Waals surface area contributed by atoms with Crippen molar-refractivity contribution in [1.82, 2.24) is 24.6 Å². The molecule has 1 amide bonds. The number of nitrogens with zero attached hydrogens (tertiary/aromatic N) is 4. The molecule has 0 unspecified atom stereocenters. The van der Waals surface area contributed by atoms with Gasteiger partial charge in [-0.05, 0) is 35.8 Å². The van der Waals surface area contributed by atoms with Crippen LogP contribution in [0.25, 0.3) is 0 Å². The molecule has 0 spiro atoms. The van der Waals surface area contributed by atoms with Crippen LogP contribution in [-0.4, -0.2) is 31.8 Å². The van der Waals surface area contributed by atoms with Gasteiger partial charge in [-0.1, -0.05) is 0 Å². The van der Waals surface area contributed by atoms with Crippen LogP contribution in [0.4, 0.5) is 0 Å². The van der Waals surface area contributed by atoms with E-state index in [-0.39, 0.29) is 11.9 Å². The summed E-state index contributed by atoms with van der Waals surface area (Å²) in [4.78, 5) is 12.2. The average Bonchev–Trinajstić information content (AvgIpc) is 2.96. The van der Waals surface area contributed by atoms with Crippen molar-refractivity contribution in [3.05, 3.63) is 34.6 Å². The highest BCUT2D eigenvalue weighted by molar-refractivity contribution is 9.10. The van der Waals surface area contributed by atoms with Gasteiger partial charge in [-0.2, -0.15) is 0 Å². The average molecular weight is 340 g/mol. The first-order valence-electron chi connectivity index (χ1n) is 6.47. The molecule has 0 atom stereocenters. The van der Waals surface area contributed by atoms with E-state index in [9.17, 15) is 4.79 Å². The molecule has 108 valence electrons. The Kier molecular flexibility index (Phi) is 4.59. The topological polar surface area (TPSA) is 64.7 Å². The normalized spacial score (nSPS) is 11.1. The first kappa shape index (κ1) is 14.8. The monoisotopic (exact) mass is 339 g/mol. The maximum atomic E-state index is 12.2. The number of hydrogen-bond acceptors (Lipinski definition) is 3. The minimum absolute atomic E-state index is 0.0773. The fourth-order valence-electron chi connectivity index (χ4n) is 1.97. The summed E-state index contributed by atoms with van der Waals surface area (Å²) in [5, 5.41) is 10.7. The van der Waals surface area contributed by atoms with Crippen LogP contribution in [0.5, 0.6) is 0 Å². The van der Waals surface area contributed by atoms with Gasteiger partial charge in [0, 0.05) is 36.7 Å². The summed E-state index contributed by atoms with van der Waals surface area (Å²) in [6.45, 7) is 4.62. The number of hydrogen-bond donors (Lipinski definition) is 1. The van der Waals surface area contributed by atoms with Gasteiger partial charge in [0.1, 0.15) is 17.8 Å². The minimum Gasteiger partial charge on any atom is -0.350 e. The smallest absolute Gasteiger partial charge is 0.267 e. The molecule has 7 heteroatoms. The second-order valence-corrected chi connectivity index (χ2v) is 5.82. The number of carbonyl (C=O) groups is 1. The van der Waals surface area contributed by atoms with Crippen molar-refractivity contribution in [2.45, 2.75) is 26.3 Å². The van der Waals surface area contributed by atoms with E-state index >= 15 is 0 Å². The van der Waals surface area contributed by atoms with Crippen LogP contribution in [0, 0.1) is 0 Å². The van der Waals surface area contributed by atoms with E-state index in [4.69, 9.17) is 0 Å². The lowest BCUT2D eigenvalue weighted by molar-refractivity contribution is 0.0943. The number of nitrogens with one attached hydrogen (secondary N) is 1. The van der Waals surface area contributed by atoms with E-state index in [1.807, 2.05) is 42.3 Å². The van der Waals surface area contributed by atoms with E-state index in [0.717, 1.165) is 10.3 Å². The Balaban J connectivity index is 1.97. The third-order valence-corrected chi connectivity index (χ3v) is 3.48. The third-order valence-electron chi connectivity index (χ3n) is 3.04. The minimum atomic E-state index is -0.0773. The summed E-state index contributed by atoms with van der Waals surface area (Å²) in [5.41, 5.74) is 0.657. The van der Waals surface area contributed by atoms with Crippen LogP contribution in [0.2, 0.25) is 0 Å². The van der Waals surface area contributed by atoms with Gasteiger partial charge < -0.3 is 14.5 Å². The molecule has 0 saturated carbocycles. The van der Waals surface area contributed by atoms with Crippen molar-refractivity contribution in [3.63, 3.8) is 0 Å². The van der Waals surface area contributed by atoms with Crippen molar-refractivity contribution >= 4 is 21.8 Å². The molecule has 0 aliphatic carbocycles. The molecule has 6 nitrogen and oxygen atoms in total. The molecule has 0 aromatic carbocycles. The van der Waals surface area contributed by atoms with Crippen LogP contribution in [0.15, 0.2) is 23.1 Å². The number of amides is 1. The predicted molar refractivity (Wildman–Crippen MR) is 79.6 cm³/mol. The van der Waals surface area contributed by atoms with Crippen LogP contribution in [0.3, 0.4) is 0 Å². The summed E-state index contributed by atoms with van der Waals surface area (Å²) in [6, 6.07) is 2.07. The standard InChI is InChI=1S/C13H18BrN5O/c1-9(2)19-7-10(14)6-11(19)13(20)15-5-4-12-17-16-8-18(12)3/h6-9H,4-5H2,1-3H3,(H,15,20). The van der Waals surface area contributed by atoms with Gasteiger partial charge >= 0.3 is 0 Å². The van der Waals surface area contributed by atoms with E-state index in [1.54, 1.807) is 6.33 Å². The summed E-state index contributed by atoms with van der Waals surface area (Å²) in [5.74, 6) is 0.775. The largest absolute Gasteiger partial charge is 0.350 e. The lowest BCUT2D eigenvalue weighted by Gasteiger charge is -2.12. The Bertz CT molecular complexity index is 602. The van der Waals surface area contributed by atoms with Gasteiger partial charge in [0.2, 0.25) is 0 Å². The summed E-state index contributed by atoms with van der Waals surface area (Å²) < 4.78 is 4.70. The van der Waals surface area contributed by atoms with Crippen LogP contribution >= 0.6 is 15.9 Å². The number of aryl methyl sites for hydroxylation is 1. The maximum Gasteiger partial charge on any atom is 0.267 e. The Morgan fingerprint density at radius 1 is 1.50 bits per heavy atom. The molecular formula is C13H18BrN5O. The van der Waals surface area contributed by atoms with Crippen LogP contribution in [0.1, 0.15) is 36.2 Å². The van der Waals surface area contributed by atoms with E-state index in [1.165, 1.54) is 0 Å². The molecule has 0 bridgehead atoms. The highest BCUT2D eigenvalue weighted by Crippen LogP contribution is 2.19. The summed E-state index contributed by atoms with van der Waals surface area (Å²) in [6.07, 6.45) is 4.23. The molecular weight excluding hydrogens is 322 g/mol. The fourth-order valence-corrected chi connectivity index (χ4v) is 2.40. The zero-order valence-electron chi connectivity index (χ0n) is 11.8. The van der Waals surface area contributed by atoms with Gasteiger partial charge in [-0.25, -0.2) is 0 Å². The Morgan fingerprint density at radius 3 is 2.85 bits per heavy atom. The summed E-state index contributed by atoms with van der Waals surface area (Å²) >= 11 is 3.41. The number of halogens is 1. The molecule has 0 saturated heterocycles. The number of aromatic nitrogens is 4. The third kappa shape index (κ3) is 3.27. The first-order chi connectivity index (χ1) is 9.49. The Morgan fingerprint density at radius 2 is 2.25 bits per heavy atom. The zero-order chi connectivity index (χ0) is 14.7. The molecule has 2 heterocycles. The van der Waals surface area contributed by atoms with Crippen molar-refractivity contribution in [1.29, 1.82) is 0 Å². The molecule has 2 aromatic heterocycles. The van der Waals surface area contributed by atoms with Crippen molar-refractivity contribution in [3.8, 4) is 0 Å². The highest BCUT2D eigenvalue weighted by atomic mass is 79.9. The molecule has 0 aliphatic rings. The molecule has 20 heavy (non-hydrogen) atoms. The molecule has 2 aromatic rings. The zero-order valence-corrected chi connectivity index (χ0v) is 13.4.